The third-order valence-corrected chi connectivity index (χ3v) is 4.30. The van der Waals surface area contributed by atoms with Gasteiger partial charge in [-0.05, 0) is 38.5 Å². The van der Waals surface area contributed by atoms with Gasteiger partial charge in [0.15, 0.2) is 0 Å². The number of rotatable bonds is 4. The molecule has 132 valence electrons. The molecule has 3 rings (SSSR count). The molecule has 1 aromatic carbocycles. The van der Waals surface area contributed by atoms with Gasteiger partial charge in [0.2, 0.25) is 11.8 Å². The lowest BCUT2D eigenvalue weighted by atomic mass is 10.1. The van der Waals surface area contributed by atoms with Crippen LogP contribution < -0.4 is 10.2 Å². The highest BCUT2D eigenvalue weighted by Crippen LogP contribution is 2.28. The van der Waals surface area contributed by atoms with E-state index in [0.29, 0.717) is 5.82 Å². The smallest absolute Gasteiger partial charge is 0.230 e. The zero-order chi connectivity index (χ0) is 18.1. The molecule has 1 N–H and O–H groups in total. The van der Waals surface area contributed by atoms with Crippen molar-refractivity contribution in [3.63, 3.8) is 0 Å². The van der Waals surface area contributed by atoms with Crippen LogP contribution in [0.5, 0.6) is 0 Å². The molecule has 25 heavy (non-hydrogen) atoms. The number of aromatic nitrogens is 2. The lowest BCUT2D eigenvalue weighted by molar-refractivity contribution is -0.122. The van der Waals surface area contributed by atoms with Crippen LogP contribution in [0, 0.1) is 18.7 Å². The topological polar surface area (TPSA) is 67.2 Å². The molecule has 2 heterocycles. The van der Waals surface area contributed by atoms with Crippen molar-refractivity contribution in [2.75, 3.05) is 16.8 Å². The lowest BCUT2D eigenvalue weighted by Gasteiger charge is -2.18. The van der Waals surface area contributed by atoms with Crippen molar-refractivity contribution in [2.24, 2.45) is 5.92 Å². The Hall–Kier alpha value is -2.70. The first-order valence-electron chi connectivity index (χ1n) is 8.27. The van der Waals surface area contributed by atoms with E-state index in [4.69, 9.17) is 0 Å². The Labute approximate surface area is 145 Å². The highest BCUT2D eigenvalue weighted by Gasteiger charge is 2.36. The molecule has 1 saturated heterocycles. The van der Waals surface area contributed by atoms with Crippen LogP contribution in [0.25, 0.3) is 0 Å². The molecule has 6 nitrogen and oxygen atoms in total. The fraction of sp³-hybridized carbons (Fsp3) is 0.389. The van der Waals surface area contributed by atoms with Gasteiger partial charge in [0.1, 0.15) is 11.6 Å². The van der Waals surface area contributed by atoms with E-state index in [2.05, 4.69) is 10.4 Å². The zero-order valence-electron chi connectivity index (χ0n) is 14.5. The maximum absolute atomic E-state index is 14.1. The zero-order valence-corrected chi connectivity index (χ0v) is 14.5. The van der Waals surface area contributed by atoms with Crippen molar-refractivity contribution in [1.29, 1.82) is 0 Å². The highest BCUT2D eigenvalue weighted by molar-refractivity contribution is 6.03. The summed E-state index contributed by atoms with van der Waals surface area (Å²) in [6.07, 6.45) is 1.68. The summed E-state index contributed by atoms with van der Waals surface area (Å²) in [5.74, 6) is -0.894. The average molecular weight is 344 g/mol. The normalized spacial score (nSPS) is 17.4. The molecule has 2 amide bonds. The maximum atomic E-state index is 14.1. The van der Waals surface area contributed by atoms with Gasteiger partial charge < -0.3 is 10.2 Å². The van der Waals surface area contributed by atoms with E-state index >= 15 is 0 Å². The second kappa shape index (κ2) is 6.66. The van der Waals surface area contributed by atoms with E-state index in [1.165, 1.54) is 11.0 Å². The van der Waals surface area contributed by atoms with Gasteiger partial charge in [-0.2, -0.15) is 5.10 Å². The van der Waals surface area contributed by atoms with E-state index < -0.39 is 11.7 Å². The third kappa shape index (κ3) is 3.40. The number of amides is 2. The van der Waals surface area contributed by atoms with Crippen LogP contribution >= 0.6 is 0 Å². The molecule has 0 bridgehead atoms. The Morgan fingerprint density at radius 1 is 1.36 bits per heavy atom. The number of benzene rings is 1. The van der Waals surface area contributed by atoms with Crippen LogP contribution in [0.1, 0.15) is 31.9 Å². The van der Waals surface area contributed by atoms with Gasteiger partial charge in [-0.1, -0.05) is 6.07 Å². The number of nitrogens with one attached hydrogen (secondary N) is 1. The lowest BCUT2D eigenvalue weighted by Crippen LogP contribution is -2.29. The molecule has 1 unspecified atom stereocenters. The number of carbonyl (C=O) groups is 2. The average Bonchev–Trinajstić information content (AvgIpc) is 3.14. The Bertz CT molecular complexity index is 815. The van der Waals surface area contributed by atoms with Crippen molar-refractivity contribution >= 4 is 23.3 Å². The fourth-order valence-corrected chi connectivity index (χ4v) is 3.00. The van der Waals surface area contributed by atoms with Crippen LogP contribution in [-0.2, 0) is 9.59 Å². The number of nitrogens with zero attached hydrogens (tertiary/aromatic N) is 3. The molecular formula is C18H21FN4O2. The number of hydrogen-bond acceptors (Lipinski definition) is 3. The number of carbonyl (C=O) groups excluding carboxylic acids is 2. The molecule has 2 aromatic rings. The summed E-state index contributed by atoms with van der Waals surface area (Å²) in [4.78, 5) is 26.1. The molecule has 1 aliphatic heterocycles. The van der Waals surface area contributed by atoms with Crippen LogP contribution in [0.15, 0.2) is 30.5 Å². The monoisotopic (exact) mass is 344 g/mol. The summed E-state index contributed by atoms with van der Waals surface area (Å²) in [6, 6.07) is 6.54. The maximum Gasteiger partial charge on any atom is 0.230 e. The van der Waals surface area contributed by atoms with Gasteiger partial charge in [-0.3, -0.25) is 9.59 Å². The summed E-state index contributed by atoms with van der Waals surface area (Å²) >= 11 is 0. The Morgan fingerprint density at radius 3 is 2.80 bits per heavy atom. The first-order valence-corrected chi connectivity index (χ1v) is 8.27. The fourth-order valence-electron chi connectivity index (χ4n) is 3.00. The third-order valence-electron chi connectivity index (χ3n) is 4.30. The van der Waals surface area contributed by atoms with Crippen molar-refractivity contribution in [3.8, 4) is 0 Å². The summed E-state index contributed by atoms with van der Waals surface area (Å²) in [7, 11) is 0. The standard InChI is InChI=1S/C18H21FN4O2/c1-11(2)23-16(6-7-20-23)21-18(25)13-9-17(24)22(10-13)15-5-4-12(3)8-14(15)19/h4-8,11,13H,9-10H2,1-3H3,(H,21,25). The molecule has 1 fully saturated rings. The Kier molecular flexibility index (Phi) is 4.57. The summed E-state index contributed by atoms with van der Waals surface area (Å²) in [5, 5.41) is 6.99. The minimum atomic E-state index is -0.524. The van der Waals surface area contributed by atoms with Gasteiger partial charge in [0.05, 0.1) is 17.8 Å². The van der Waals surface area contributed by atoms with Crippen molar-refractivity contribution in [1.82, 2.24) is 9.78 Å². The molecule has 7 heteroatoms. The molecule has 0 saturated carbocycles. The molecule has 1 aromatic heterocycles. The Balaban J connectivity index is 1.73. The Morgan fingerprint density at radius 2 is 2.12 bits per heavy atom. The predicted molar refractivity (Wildman–Crippen MR) is 92.8 cm³/mol. The highest BCUT2D eigenvalue weighted by atomic mass is 19.1. The van der Waals surface area contributed by atoms with E-state index in [1.54, 1.807) is 36.0 Å². The van der Waals surface area contributed by atoms with Crippen LogP contribution in [0.2, 0.25) is 0 Å². The molecule has 1 aliphatic rings. The van der Waals surface area contributed by atoms with E-state index in [1.807, 2.05) is 13.8 Å². The predicted octanol–water partition coefficient (Wildman–Crippen LogP) is 2.90. The first-order chi connectivity index (χ1) is 11.9. The quantitative estimate of drug-likeness (QED) is 0.927. The SMILES string of the molecule is Cc1ccc(N2CC(C(=O)Nc3ccnn3C(C)C)CC2=O)c(F)c1. The van der Waals surface area contributed by atoms with Gasteiger partial charge in [0, 0.05) is 25.1 Å². The number of aryl methyl sites for hydroxylation is 1. The van der Waals surface area contributed by atoms with Gasteiger partial charge in [-0.15, -0.1) is 0 Å². The van der Waals surface area contributed by atoms with Gasteiger partial charge in [-0.25, -0.2) is 9.07 Å². The first kappa shape index (κ1) is 17.1. The molecule has 0 aliphatic carbocycles. The molecule has 0 spiro atoms. The number of halogens is 1. The number of anilines is 2. The van der Waals surface area contributed by atoms with E-state index in [9.17, 15) is 14.0 Å². The second-order valence-electron chi connectivity index (χ2n) is 6.60. The van der Waals surface area contributed by atoms with E-state index in [-0.39, 0.29) is 36.5 Å². The van der Waals surface area contributed by atoms with Crippen LogP contribution in [-0.4, -0.2) is 28.1 Å². The summed E-state index contributed by atoms with van der Waals surface area (Å²) < 4.78 is 15.8. The minimum Gasteiger partial charge on any atom is -0.311 e. The van der Waals surface area contributed by atoms with Gasteiger partial charge >= 0.3 is 0 Å². The molecular weight excluding hydrogens is 323 g/mol. The van der Waals surface area contributed by atoms with Crippen molar-refractivity contribution in [2.45, 2.75) is 33.2 Å². The van der Waals surface area contributed by atoms with Crippen molar-refractivity contribution in [3.05, 3.63) is 41.8 Å². The van der Waals surface area contributed by atoms with Crippen LogP contribution in [0.3, 0.4) is 0 Å². The molecule has 1 atom stereocenters. The minimum absolute atomic E-state index is 0.0644. The van der Waals surface area contributed by atoms with Gasteiger partial charge in [0.25, 0.3) is 0 Å². The summed E-state index contributed by atoms with van der Waals surface area (Å²) in [6.45, 7) is 5.88. The number of hydrogen-bond donors (Lipinski definition) is 1. The van der Waals surface area contributed by atoms with Crippen molar-refractivity contribution < 1.29 is 14.0 Å². The largest absolute Gasteiger partial charge is 0.311 e. The summed E-state index contributed by atoms with van der Waals surface area (Å²) in [5.41, 5.74) is 1.00. The second-order valence-corrected chi connectivity index (χ2v) is 6.60. The van der Waals surface area contributed by atoms with Crippen LogP contribution in [0.4, 0.5) is 15.9 Å². The van der Waals surface area contributed by atoms with E-state index in [0.717, 1.165) is 5.56 Å². The molecule has 0 radical (unpaired) electrons.